The van der Waals surface area contributed by atoms with Crippen molar-refractivity contribution in [2.24, 2.45) is 0 Å². The van der Waals surface area contributed by atoms with Crippen molar-refractivity contribution in [1.82, 2.24) is 9.38 Å². The third-order valence-corrected chi connectivity index (χ3v) is 3.99. The number of carboxylic acids is 1. The van der Waals surface area contributed by atoms with Gasteiger partial charge in [0.1, 0.15) is 0 Å². The van der Waals surface area contributed by atoms with E-state index in [1.807, 2.05) is 17.3 Å². The molecule has 7 heteroatoms. The van der Waals surface area contributed by atoms with E-state index >= 15 is 0 Å². The van der Waals surface area contributed by atoms with Gasteiger partial charge in [0.25, 0.3) is 0 Å². The van der Waals surface area contributed by atoms with Gasteiger partial charge in [-0.25, -0.2) is 9.78 Å². The van der Waals surface area contributed by atoms with Crippen LogP contribution in [0.1, 0.15) is 16.9 Å². The van der Waals surface area contributed by atoms with Crippen LogP contribution < -0.4 is 4.90 Å². The zero-order valence-corrected chi connectivity index (χ0v) is 10.7. The van der Waals surface area contributed by atoms with Crippen molar-refractivity contribution in [2.75, 3.05) is 25.2 Å². The van der Waals surface area contributed by atoms with E-state index in [0.717, 1.165) is 13.0 Å². The van der Waals surface area contributed by atoms with E-state index in [9.17, 15) is 9.90 Å². The number of anilines is 1. The summed E-state index contributed by atoms with van der Waals surface area (Å²) in [5.74, 6) is -0.438. The highest BCUT2D eigenvalue weighted by Crippen LogP contribution is 2.27. The number of aromatic nitrogens is 2. The first-order valence-electron chi connectivity index (χ1n) is 5.68. The third kappa shape index (κ3) is 1.67. The monoisotopic (exact) mass is 267 g/mol. The van der Waals surface area contributed by atoms with Crippen LogP contribution in [0.2, 0.25) is 0 Å². The quantitative estimate of drug-likeness (QED) is 0.908. The number of likely N-dealkylation sites (N-methyl/N-ethyl adjacent to an activating group) is 1. The van der Waals surface area contributed by atoms with Crippen LogP contribution in [0, 0.1) is 0 Å². The second kappa shape index (κ2) is 4.25. The number of hydrogen-bond donors (Lipinski definition) is 1. The molecule has 0 aromatic carbocycles. The molecular formula is C11H13N3O3S. The number of nitrogens with zero attached hydrogens (tertiary/aromatic N) is 3. The number of ether oxygens (including phenoxy) is 1. The molecule has 18 heavy (non-hydrogen) atoms. The molecule has 3 rings (SSSR count). The van der Waals surface area contributed by atoms with E-state index in [1.165, 1.54) is 11.3 Å². The third-order valence-electron chi connectivity index (χ3n) is 3.23. The minimum Gasteiger partial charge on any atom is -0.476 e. The number of hydrogen-bond acceptors (Lipinski definition) is 5. The molecule has 6 nitrogen and oxygen atoms in total. The van der Waals surface area contributed by atoms with Gasteiger partial charge < -0.3 is 14.7 Å². The first-order chi connectivity index (χ1) is 8.68. The molecule has 0 spiro atoms. The van der Waals surface area contributed by atoms with Gasteiger partial charge in [-0.15, -0.1) is 11.3 Å². The Kier molecular flexibility index (Phi) is 2.71. The summed E-state index contributed by atoms with van der Waals surface area (Å²) in [6.07, 6.45) is 2.64. The second-order valence-corrected chi connectivity index (χ2v) is 5.15. The van der Waals surface area contributed by atoms with Gasteiger partial charge in [0.15, 0.2) is 16.5 Å². The molecule has 2 aromatic rings. The van der Waals surface area contributed by atoms with E-state index < -0.39 is 5.97 Å². The summed E-state index contributed by atoms with van der Waals surface area (Å²) in [7, 11) is 1.87. The minimum absolute atomic E-state index is 0.202. The standard InChI is InChI=1S/C11H13N3O3S/c1-13(7-2-4-17-6-7)9-8(10(15)16)14-3-5-18-11(14)12-9/h3,5,7H,2,4,6H2,1H3,(H,15,16). The zero-order valence-electron chi connectivity index (χ0n) is 9.87. The average molecular weight is 267 g/mol. The van der Waals surface area contributed by atoms with Crippen molar-refractivity contribution in [3.63, 3.8) is 0 Å². The zero-order chi connectivity index (χ0) is 12.7. The van der Waals surface area contributed by atoms with Crippen molar-refractivity contribution < 1.29 is 14.6 Å². The molecule has 0 amide bonds. The van der Waals surface area contributed by atoms with Crippen molar-refractivity contribution in [2.45, 2.75) is 12.5 Å². The Morgan fingerprint density at radius 3 is 3.22 bits per heavy atom. The Hall–Kier alpha value is -1.60. The number of carbonyl (C=O) groups is 1. The highest BCUT2D eigenvalue weighted by Gasteiger charge is 2.28. The highest BCUT2D eigenvalue weighted by molar-refractivity contribution is 7.15. The predicted molar refractivity (Wildman–Crippen MR) is 67.7 cm³/mol. The number of imidazole rings is 1. The summed E-state index contributed by atoms with van der Waals surface area (Å²) in [5.41, 5.74) is 0.223. The number of thiazole rings is 1. The highest BCUT2D eigenvalue weighted by atomic mass is 32.1. The van der Waals surface area contributed by atoms with Crippen LogP contribution >= 0.6 is 11.3 Å². The van der Waals surface area contributed by atoms with Gasteiger partial charge in [-0.2, -0.15) is 0 Å². The molecule has 1 saturated heterocycles. The Morgan fingerprint density at radius 1 is 1.72 bits per heavy atom. The van der Waals surface area contributed by atoms with Crippen LogP contribution in [-0.4, -0.2) is 46.8 Å². The molecule has 3 heterocycles. The summed E-state index contributed by atoms with van der Waals surface area (Å²) >= 11 is 1.43. The van der Waals surface area contributed by atoms with Crippen molar-refractivity contribution in [3.05, 3.63) is 17.3 Å². The fraction of sp³-hybridized carbons (Fsp3) is 0.455. The normalized spacial score (nSPS) is 19.5. The van der Waals surface area contributed by atoms with Gasteiger partial charge >= 0.3 is 5.97 Å². The summed E-state index contributed by atoms with van der Waals surface area (Å²) < 4.78 is 6.95. The summed E-state index contributed by atoms with van der Waals surface area (Å²) in [5, 5.41) is 11.2. The number of rotatable bonds is 3. The average Bonchev–Trinajstić information content (AvgIpc) is 3.03. The van der Waals surface area contributed by atoms with Crippen LogP contribution in [0.5, 0.6) is 0 Å². The number of aromatic carboxylic acids is 1. The molecule has 0 radical (unpaired) electrons. The molecule has 1 aliphatic heterocycles. The van der Waals surface area contributed by atoms with E-state index in [2.05, 4.69) is 4.98 Å². The fourth-order valence-corrected chi connectivity index (χ4v) is 2.93. The largest absolute Gasteiger partial charge is 0.476 e. The topological polar surface area (TPSA) is 67.1 Å². The van der Waals surface area contributed by atoms with Crippen LogP contribution in [-0.2, 0) is 4.74 Å². The molecule has 2 aromatic heterocycles. The molecular weight excluding hydrogens is 254 g/mol. The number of fused-ring (bicyclic) bond motifs is 1. The Labute approximate surface area is 107 Å². The second-order valence-electron chi connectivity index (χ2n) is 4.27. The molecule has 96 valence electrons. The maximum absolute atomic E-state index is 11.4. The molecule has 1 aliphatic rings. The Bertz CT molecular complexity index is 585. The lowest BCUT2D eigenvalue weighted by Crippen LogP contribution is -2.33. The van der Waals surface area contributed by atoms with E-state index in [1.54, 1.807) is 10.6 Å². The lowest BCUT2D eigenvalue weighted by molar-refractivity contribution is 0.0690. The van der Waals surface area contributed by atoms with Crippen molar-refractivity contribution >= 4 is 28.1 Å². The first-order valence-corrected chi connectivity index (χ1v) is 6.56. The Balaban J connectivity index is 2.06. The van der Waals surface area contributed by atoms with Crippen LogP contribution in [0.4, 0.5) is 5.82 Å². The first kappa shape index (κ1) is 11.5. The maximum atomic E-state index is 11.4. The van der Waals surface area contributed by atoms with Crippen molar-refractivity contribution in [1.29, 1.82) is 0 Å². The Morgan fingerprint density at radius 2 is 2.56 bits per heavy atom. The summed E-state index contributed by atoms with van der Waals surface area (Å²) in [4.78, 5) is 18.4. The van der Waals surface area contributed by atoms with E-state index in [0.29, 0.717) is 17.4 Å². The maximum Gasteiger partial charge on any atom is 0.356 e. The van der Waals surface area contributed by atoms with Gasteiger partial charge in [0.2, 0.25) is 0 Å². The van der Waals surface area contributed by atoms with Gasteiger partial charge in [-0.05, 0) is 6.42 Å². The lowest BCUT2D eigenvalue weighted by atomic mass is 10.2. The van der Waals surface area contributed by atoms with Gasteiger partial charge in [-0.3, -0.25) is 4.40 Å². The molecule has 0 aliphatic carbocycles. The molecule has 0 bridgehead atoms. The smallest absolute Gasteiger partial charge is 0.356 e. The molecule has 0 saturated carbocycles. The number of carboxylic acid groups (broad SMARTS) is 1. The SMILES string of the molecule is CN(c1nc2sccn2c1C(=O)O)C1CCOC1. The predicted octanol–water partition coefficient (Wildman–Crippen LogP) is 1.32. The summed E-state index contributed by atoms with van der Waals surface area (Å²) in [6.45, 7) is 1.35. The van der Waals surface area contributed by atoms with Crippen LogP contribution in [0.3, 0.4) is 0 Å². The molecule has 1 N–H and O–H groups in total. The van der Waals surface area contributed by atoms with Gasteiger partial charge in [0, 0.05) is 25.2 Å². The van der Waals surface area contributed by atoms with Crippen molar-refractivity contribution in [3.8, 4) is 0 Å². The molecule has 1 unspecified atom stereocenters. The van der Waals surface area contributed by atoms with E-state index in [4.69, 9.17) is 4.74 Å². The van der Waals surface area contributed by atoms with Crippen LogP contribution in [0.25, 0.3) is 4.96 Å². The molecule has 1 fully saturated rings. The fourth-order valence-electron chi connectivity index (χ4n) is 2.22. The van der Waals surface area contributed by atoms with Gasteiger partial charge in [-0.1, -0.05) is 0 Å². The van der Waals surface area contributed by atoms with Crippen LogP contribution in [0.15, 0.2) is 11.6 Å². The lowest BCUT2D eigenvalue weighted by Gasteiger charge is -2.23. The minimum atomic E-state index is -0.957. The summed E-state index contributed by atoms with van der Waals surface area (Å²) in [6, 6.07) is 0.202. The van der Waals surface area contributed by atoms with Gasteiger partial charge in [0.05, 0.1) is 12.6 Å². The molecule has 1 atom stereocenters. The van der Waals surface area contributed by atoms with E-state index in [-0.39, 0.29) is 11.7 Å².